The lowest BCUT2D eigenvalue weighted by atomic mass is 10.1. The number of methoxy groups -OCH3 is 1. The van der Waals surface area contributed by atoms with Crippen molar-refractivity contribution in [2.45, 2.75) is 45.2 Å². The van der Waals surface area contributed by atoms with Gasteiger partial charge in [0, 0.05) is 19.4 Å². The maximum Gasteiger partial charge on any atom is 0.220 e. The second-order valence-electron chi connectivity index (χ2n) is 5.87. The topological polar surface area (TPSA) is 69.0 Å². The van der Waals surface area contributed by atoms with Crippen molar-refractivity contribution in [3.63, 3.8) is 0 Å². The molecule has 1 atom stereocenters. The highest BCUT2D eigenvalue weighted by Gasteiger charge is 2.22. The third-order valence-corrected chi connectivity index (χ3v) is 4.18. The number of nitrogens with one attached hydrogen (secondary N) is 1. The minimum absolute atomic E-state index is 0.0238. The zero-order valence-electron chi connectivity index (χ0n) is 13.6. The van der Waals surface area contributed by atoms with Gasteiger partial charge in [-0.3, -0.25) is 4.79 Å². The van der Waals surface area contributed by atoms with E-state index in [0.29, 0.717) is 12.8 Å². The Labute approximate surface area is 135 Å². The smallest absolute Gasteiger partial charge is 0.220 e. The molecule has 2 heterocycles. The molecule has 1 aliphatic rings. The van der Waals surface area contributed by atoms with Crippen molar-refractivity contribution in [3.8, 4) is 5.75 Å². The van der Waals surface area contributed by atoms with Crippen LogP contribution in [0.15, 0.2) is 24.3 Å². The van der Waals surface area contributed by atoms with E-state index in [1.807, 2.05) is 31.2 Å². The Balaban J connectivity index is 1.54. The van der Waals surface area contributed by atoms with Crippen LogP contribution >= 0.6 is 0 Å². The van der Waals surface area contributed by atoms with Crippen LogP contribution in [-0.4, -0.2) is 27.8 Å². The minimum atomic E-state index is -0.118. The van der Waals surface area contributed by atoms with Crippen molar-refractivity contribution >= 4 is 5.91 Å². The Hall–Kier alpha value is -2.37. The fourth-order valence-electron chi connectivity index (χ4n) is 2.96. The van der Waals surface area contributed by atoms with Crippen molar-refractivity contribution in [1.82, 2.24) is 20.1 Å². The number of rotatable bonds is 6. The van der Waals surface area contributed by atoms with Gasteiger partial charge in [0.2, 0.25) is 5.91 Å². The van der Waals surface area contributed by atoms with E-state index in [1.54, 1.807) is 7.11 Å². The van der Waals surface area contributed by atoms with Gasteiger partial charge in [0.15, 0.2) is 5.82 Å². The highest BCUT2D eigenvalue weighted by atomic mass is 16.5. The van der Waals surface area contributed by atoms with E-state index < -0.39 is 0 Å². The summed E-state index contributed by atoms with van der Waals surface area (Å²) in [5.74, 6) is 2.72. The second-order valence-corrected chi connectivity index (χ2v) is 5.87. The molecule has 0 saturated carbocycles. The van der Waals surface area contributed by atoms with Gasteiger partial charge in [0.05, 0.1) is 13.2 Å². The molecule has 0 saturated heterocycles. The summed E-state index contributed by atoms with van der Waals surface area (Å²) >= 11 is 0. The summed E-state index contributed by atoms with van der Waals surface area (Å²) in [7, 11) is 1.64. The Morgan fingerprint density at radius 2 is 2.30 bits per heavy atom. The first-order valence-electron chi connectivity index (χ1n) is 8.01. The van der Waals surface area contributed by atoms with E-state index in [0.717, 1.165) is 42.3 Å². The molecule has 0 aliphatic carbocycles. The third-order valence-electron chi connectivity index (χ3n) is 4.18. The van der Waals surface area contributed by atoms with Gasteiger partial charge in [-0.05, 0) is 37.5 Å². The largest absolute Gasteiger partial charge is 0.497 e. The number of aromatic nitrogens is 3. The lowest BCUT2D eigenvalue weighted by molar-refractivity contribution is -0.121. The summed E-state index contributed by atoms with van der Waals surface area (Å²) in [4.78, 5) is 12.2. The molecule has 3 rings (SSSR count). The standard InChI is InChI=1S/C17H22N4O2/c1-12(17-20-19-15-7-4-10-21(15)17)18-16(22)9-8-13-5-3-6-14(11-13)23-2/h3,5-6,11-12H,4,7-10H2,1-2H3,(H,18,22). The second kappa shape index (κ2) is 6.81. The number of fused-ring (bicyclic) bond motifs is 1. The molecule has 0 bridgehead atoms. The van der Waals surface area contributed by atoms with Crippen LogP contribution < -0.4 is 10.1 Å². The predicted octanol–water partition coefficient (Wildman–Crippen LogP) is 2.04. The summed E-state index contributed by atoms with van der Waals surface area (Å²) in [5.41, 5.74) is 1.09. The van der Waals surface area contributed by atoms with Gasteiger partial charge in [0.25, 0.3) is 0 Å². The van der Waals surface area contributed by atoms with E-state index in [-0.39, 0.29) is 11.9 Å². The number of hydrogen-bond donors (Lipinski definition) is 1. The van der Waals surface area contributed by atoms with Gasteiger partial charge in [-0.15, -0.1) is 10.2 Å². The third kappa shape index (κ3) is 3.52. The quantitative estimate of drug-likeness (QED) is 0.886. The van der Waals surface area contributed by atoms with Crippen LogP contribution in [-0.2, 0) is 24.2 Å². The van der Waals surface area contributed by atoms with Gasteiger partial charge in [-0.25, -0.2) is 0 Å². The van der Waals surface area contributed by atoms with Gasteiger partial charge in [-0.1, -0.05) is 12.1 Å². The molecule has 122 valence electrons. The molecule has 6 nitrogen and oxygen atoms in total. The maximum atomic E-state index is 12.2. The van der Waals surface area contributed by atoms with Crippen molar-refractivity contribution in [2.24, 2.45) is 0 Å². The van der Waals surface area contributed by atoms with Crippen LogP contribution in [0.3, 0.4) is 0 Å². The molecular weight excluding hydrogens is 292 g/mol. The van der Waals surface area contributed by atoms with Crippen LogP contribution in [0.5, 0.6) is 5.75 Å². The van der Waals surface area contributed by atoms with Gasteiger partial charge >= 0.3 is 0 Å². The molecule has 23 heavy (non-hydrogen) atoms. The van der Waals surface area contributed by atoms with Crippen LogP contribution in [0, 0.1) is 0 Å². The van der Waals surface area contributed by atoms with Crippen LogP contribution in [0.1, 0.15) is 43.0 Å². The average Bonchev–Trinajstić information content (AvgIpc) is 3.16. The first-order chi connectivity index (χ1) is 11.2. The molecule has 0 spiro atoms. The summed E-state index contributed by atoms with van der Waals surface area (Å²) in [6.07, 6.45) is 3.21. The summed E-state index contributed by atoms with van der Waals surface area (Å²) in [5, 5.41) is 11.4. The fourth-order valence-corrected chi connectivity index (χ4v) is 2.96. The number of nitrogens with zero attached hydrogens (tertiary/aromatic N) is 3. The van der Waals surface area contributed by atoms with Gasteiger partial charge in [-0.2, -0.15) is 0 Å². The molecule has 1 unspecified atom stereocenters. The average molecular weight is 314 g/mol. The van der Waals surface area contributed by atoms with Crippen LogP contribution in [0.4, 0.5) is 0 Å². The fraction of sp³-hybridized carbons (Fsp3) is 0.471. The summed E-state index contributed by atoms with van der Waals surface area (Å²) in [6, 6.07) is 7.69. The predicted molar refractivity (Wildman–Crippen MR) is 86.2 cm³/mol. The molecule has 1 amide bonds. The Kier molecular flexibility index (Phi) is 4.60. The van der Waals surface area contributed by atoms with Crippen molar-refractivity contribution in [2.75, 3.05) is 7.11 Å². The number of hydrogen-bond acceptors (Lipinski definition) is 4. The molecule has 0 fully saturated rings. The lowest BCUT2D eigenvalue weighted by Crippen LogP contribution is -2.28. The van der Waals surface area contributed by atoms with Crippen molar-refractivity contribution < 1.29 is 9.53 Å². The van der Waals surface area contributed by atoms with Crippen LogP contribution in [0.25, 0.3) is 0 Å². The molecule has 0 radical (unpaired) electrons. The molecule has 1 aliphatic heterocycles. The molecule has 1 aromatic carbocycles. The number of amides is 1. The molecule has 6 heteroatoms. The molecule has 1 N–H and O–H groups in total. The van der Waals surface area contributed by atoms with Gasteiger partial charge in [0.1, 0.15) is 11.6 Å². The van der Waals surface area contributed by atoms with Gasteiger partial charge < -0.3 is 14.6 Å². The molecule has 1 aromatic heterocycles. The highest BCUT2D eigenvalue weighted by molar-refractivity contribution is 5.76. The number of aryl methyl sites for hydroxylation is 2. The van der Waals surface area contributed by atoms with E-state index >= 15 is 0 Å². The first kappa shape index (κ1) is 15.5. The lowest BCUT2D eigenvalue weighted by Gasteiger charge is -2.14. The summed E-state index contributed by atoms with van der Waals surface area (Å²) in [6.45, 7) is 2.90. The monoisotopic (exact) mass is 314 g/mol. The SMILES string of the molecule is COc1cccc(CCC(=O)NC(C)c2nnc3n2CCC3)c1. The summed E-state index contributed by atoms with van der Waals surface area (Å²) < 4.78 is 7.32. The van der Waals surface area contributed by atoms with E-state index in [4.69, 9.17) is 4.74 Å². The number of carbonyl (C=O) groups excluding carboxylic acids is 1. The molecular formula is C17H22N4O2. The van der Waals surface area contributed by atoms with E-state index in [1.165, 1.54) is 0 Å². The molecule has 2 aromatic rings. The maximum absolute atomic E-state index is 12.2. The van der Waals surface area contributed by atoms with E-state index in [9.17, 15) is 4.79 Å². The zero-order chi connectivity index (χ0) is 16.2. The van der Waals surface area contributed by atoms with Crippen molar-refractivity contribution in [1.29, 1.82) is 0 Å². The number of ether oxygens (including phenoxy) is 1. The van der Waals surface area contributed by atoms with Crippen LogP contribution in [0.2, 0.25) is 0 Å². The Bertz CT molecular complexity index is 696. The Morgan fingerprint density at radius 3 is 3.13 bits per heavy atom. The van der Waals surface area contributed by atoms with E-state index in [2.05, 4.69) is 20.1 Å². The normalized spacial score (nSPS) is 14.3. The first-order valence-corrected chi connectivity index (χ1v) is 8.01. The Morgan fingerprint density at radius 1 is 1.43 bits per heavy atom. The minimum Gasteiger partial charge on any atom is -0.497 e. The highest BCUT2D eigenvalue weighted by Crippen LogP contribution is 2.19. The van der Waals surface area contributed by atoms with Crippen molar-refractivity contribution in [3.05, 3.63) is 41.5 Å². The zero-order valence-corrected chi connectivity index (χ0v) is 13.6. The number of carbonyl (C=O) groups is 1. The number of benzene rings is 1.